The molecule has 0 unspecified atom stereocenters. The molecule has 102 heavy (non-hydrogen) atoms. The summed E-state index contributed by atoms with van der Waals surface area (Å²) in [5, 5.41) is 163. The maximum absolute atomic E-state index is 14.7. The molecular weight excluding hydrogens is 1360 g/mol. The van der Waals surface area contributed by atoms with Crippen LogP contribution in [-0.2, 0) is 80.8 Å². The van der Waals surface area contributed by atoms with Crippen LogP contribution in [0.25, 0.3) is 18.2 Å². The molecule has 4 aromatic carbocycles. The van der Waals surface area contributed by atoms with Crippen molar-refractivity contribution >= 4 is 48.1 Å². The first-order valence-corrected chi connectivity index (χ1v) is 31.6. The molecule has 5 heterocycles. The number of phenolic OH excluding ortho intramolecular Hbond substituents is 2. The molecule has 556 valence electrons. The highest BCUT2D eigenvalue weighted by molar-refractivity contribution is 5.90. The quantitative estimate of drug-likeness (QED) is 0.0154. The minimum atomic E-state index is -3.03. The maximum Gasteiger partial charge on any atom is 0.338 e. The fourth-order valence-electron chi connectivity index (χ4n) is 11.2. The van der Waals surface area contributed by atoms with Crippen LogP contribution >= 0.6 is 0 Å². The van der Waals surface area contributed by atoms with Crippen LogP contribution in [0.1, 0.15) is 34.0 Å². The van der Waals surface area contributed by atoms with E-state index in [2.05, 4.69) is 0 Å². The van der Waals surface area contributed by atoms with Crippen LogP contribution in [-0.4, -0.2) is 300 Å². The topological polar surface area (TPSA) is 527 Å². The van der Waals surface area contributed by atoms with Gasteiger partial charge in [0, 0.05) is 25.2 Å². The van der Waals surface area contributed by atoms with Crippen LogP contribution in [0.4, 0.5) is 0 Å². The molecular formula is C67H78O35. The van der Waals surface area contributed by atoms with Crippen molar-refractivity contribution in [2.45, 2.75) is 154 Å². The third-order valence-corrected chi connectivity index (χ3v) is 16.7. The summed E-state index contributed by atoms with van der Waals surface area (Å²) in [6.45, 7) is -5.24. The lowest BCUT2D eigenvalue weighted by Crippen LogP contribution is -2.69. The number of esters is 5. The number of aliphatic hydroxyl groups is 13. The highest BCUT2D eigenvalue weighted by atomic mass is 16.8. The Bertz CT molecular complexity index is 3520. The summed E-state index contributed by atoms with van der Waals surface area (Å²) < 4.78 is 89.5. The van der Waals surface area contributed by atoms with Gasteiger partial charge in [0.15, 0.2) is 42.6 Å². The van der Waals surface area contributed by atoms with Gasteiger partial charge in [-0.3, -0.25) is 4.79 Å². The third kappa shape index (κ3) is 19.0. The first-order chi connectivity index (χ1) is 48.7. The van der Waals surface area contributed by atoms with Gasteiger partial charge in [-0.15, -0.1) is 0 Å². The lowest BCUT2D eigenvalue weighted by atomic mass is 9.95. The molecule has 5 aliphatic heterocycles. The van der Waals surface area contributed by atoms with Crippen molar-refractivity contribution in [2.75, 3.05) is 46.8 Å². The van der Waals surface area contributed by atoms with E-state index in [4.69, 9.17) is 71.1 Å². The van der Waals surface area contributed by atoms with E-state index in [9.17, 15) is 101 Å². The van der Waals surface area contributed by atoms with E-state index in [1.54, 1.807) is 6.07 Å². The molecule has 15 N–H and O–H groups in total. The van der Waals surface area contributed by atoms with Crippen molar-refractivity contribution in [3.05, 3.63) is 138 Å². The fourth-order valence-corrected chi connectivity index (χ4v) is 11.2. The van der Waals surface area contributed by atoms with Crippen LogP contribution < -0.4 is 9.47 Å². The van der Waals surface area contributed by atoms with Crippen LogP contribution in [0, 0.1) is 0 Å². The van der Waals surface area contributed by atoms with E-state index >= 15 is 0 Å². The van der Waals surface area contributed by atoms with Crippen LogP contribution in [0.5, 0.6) is 23.0 Å². The summed E-state index contributed by atoms with van der Waals surface area (Å²) in [6, 6.07) is 21.9. The molecule has 0 bridgehead atoms. The Labute approximate surface area is 579 Å². The molecule has 4 aromatic rings. The van der Waals surface area contributed by atoms with Gasteiger partial charge in [0.25, 0.3) is 0 Å². The second kappa shape index (κ2) is 35.3. The van der Waals surface area contributed by atoms with Crippen LogP contribution in [0.15, 0.2) is 115 Å². The van der Waals surface area contributed by atoms with Gasteiger partial charge in [-0.05, 0) is 83.4 Å². The first kappa shape index (κ1) is 78.0. The number of aromatic hydroxyl groups is 2. The van der Waals surface area contributed by atoms with Gasteiger partial charge in [-0.25, -0.2) is 19.2 Å². The molecule has 0 saturated carbocycles. The van der Waals surface area contributed by atoms with E-state index in [0.29, 0.717) is 11.1 Å². The lowest BCUT2D eigenvalue weighted by molar-refractivity contribution is -0.421. The molecule has 5 fully saturated rings. The Balaban J connectivity index is 1.18. The van der Waals surface area contributed by atoms with E-state index in [-0.39, 0.29) is 34.1 Å². The Morgan fingerprint density at radius 2 is 0.941 bits per heavy atom. The predicted molar refractivity (Wildman–Crippen MR) is 335 cm³/mol. The maximum atomic E-state index is 14.7. The Kier molecular flexibility index (Phi) is 27.0. The average Bonchev–Trinajstić information content (AvgIpc) is 1.46. The molecule has 5 saturated heterocycles. The average molecular weight is 1440 g/mol. The minimum absolute atomic E-state index is 0.0956. The smallest absolute Gasteiger partial charge is 0.338 e. The molecule has 0 aromatic heterocycles. The number of carbonyl (C=O) groups is 5. The van der Waals surface area contributed by atoms with Crippen molar-refractivity contribution in [1.29, 1.82) is 0 Å². The molecule has 0 amide bonds. The summed E-state index contributed by atoms with van der Waals surface area (Å²) >= 11 is 0. The summed E-state index contributed by atoms with van der Waals surface area (Å²) in [7, 11) is 1.21. The van der Waals surface area contributed by atoms with E-state index < -0.39 is 216 Å². The van der Waals surface area contributed by atoms with E-state index in [1.807, 2.05) is 0 Å². The largest absolute Gasteiger partial charge is 0.508 e. The van der Waals surface area contributed by atoms with Crippen molar-refractivity contribution in [3.8, 4) is 23.0 Å². The Morgan fingerprint density at radius 1 is 0.461 bits per heavy atom. The van der Waals surface area contributed by atoms with E-state index in [0.717, 1.165) is 31.2 Å². The van der Waals surface area contributed by atoms with Gasteiger partial charge in [-0.1, -0.05) is 48.5 Å². The first-order valence-electron chi connectivity index (χ1n) is 31.6. The van der Waals surface area contributed by atoms with Crippen LogP contribution in [0.2, 0.25) is 0 Å². The van der Waals surface area contributed by atoms with Gasteiger partial charge in [0.2, 0.25) is 12.1 Å². The zero-order valence-electron chi connectivity index (χ0n) is 54.1. The molecule has 35 nitrogen and oxygen atoms in total. The Hall–Kier alpha value is -8.19. The number of phenols is 2. The van der Waals surface area contributed by atoms with Crippen molar-refractivity contribution in [2.24, 2.45) is 0 Å². The zero-order valence-corrected chi connectivity index (χ0v) is 54.1. The molecule has 24 atom stereocenters. The summed E-state index contributed by atoms with van der Waals surface area (Å²) in [4.78, 5) is 68.8. The Morgan fingerprint density at radius 3 is 1.50 bits per heavy atom. The fraction of sp³-hybridized carbons (Fsp3) is 0.478. The molecule has 9 rings (SSSR count). The summed E-state index contributed by atoms with van der Waals surface area (Å²) in [5.74, 6) is -9.39. The standard InChI is InChI=1S/C67H78O35/c1-31(71)89-28-43-50(79)54(83)57(86)65(95-43)98-59-58(97-47(76)23-15-34-12-20-38(39(24-34)88-2)92-63-55(84)52(81)48(77)40(25-68)93-63)44(29-90-45(74)21-13-32-8-16-36(72)17-9-32)96-66(60(59)99-64-56(85)53(82)49(78)41(26-69)94-64)102-67(30-91-46(75)22-14-33-10-18-37(73)19-11-33)61(51(80)42(27-70)101-67)100-62(87)35-6-4-3-5-7-35/h3-24,40-44,48-61,63-66,68-70,72-73,77-86H,25-30H2,1-2H3/b21-13+,22-14+,23-15+/t40-,41-,42-,43-,44-,48-,49-,50-,51-,52+,53+,54+,55-,56-,57-,58-,59+,60-,61+,63-,64+,65+,66-,67+/m1/s1. The highest BCUT2D eigenvalue weighted by Gasteiger charge is 2.64. The SMILES string of the molecule is COc1cc(/C=C/C(=O)O[C@H]2[C@H](O[C@@H]3O[C@H](COC(C)=O)[C@@H](O)[C@H](O)[C@H]3O)[C@@H](O[C@@H]3O[C@H](CO)[C@@H](O)[C@H](O)[C@H]3O)[C@@H](O[C@]3(COC(=O)/C=C/c4ccc(O)cc4)O[C@H](CO)[C@@H](O)[C@@H]3OC(=O)c3ccccc3)O[C@@H]2COC(=O)/C=C/c2ccc(O)cc2)ccc1O[C@@H]1O[C@H](CO)[C@@H](O)[C@H](O)[C@H]1O. The number of hydrogen-bond donors (Lipinski definition) is 15. The number of hydrogen-bond acceptors (Lipinski definition) is 35. The molecule has 35 heteroatoms. The monoisotopic (exact) mass is 1440 g/mol. The van der Waals surface area contributed by atoms with Gasteiger partial charge in [-0.2, -0.15) is 0 Å². The number of methoxy groups -OCH3 is 1. The van der Waals surface area contributed by atoms with Gasteiger partial charge >= 0.3 is 29.8 Å². The van der Waals surface area contributed by atoms with Crippen molar-refractivity contribution < 1.29 is 172 Å². The molecule has 5 aliphatic rings. The van der Waals surface area contributed by atoms with Gasteiger partial charge < -0.3 is 148 Å². The second-order valence-corrected chi connectivity index (χ2v) is 23.8. The minimum Gasteiger partial charge on any atom is -0.508 e. The van der Waals surface area contributed by atoms with Crippen LogP contribution in [0.3, 0.4) is 0 Å². The number of rotatable bonds is 27. The highest BCUT2D eigenvalue weighted by Crippen LogP contribution is 2.43. The summed E-state index contributed by atoms with van der Waals surface area (Å²) in [5.41, 5.74) is 0.671. The second-order valence-electron chi connectivity index (χ2n) is 23.8. The van der Waals surface area contributed by atoms with Crippen molar-refractivity contribution in [1.82, 2.24) is 0 Å². The normalized spacial score (nSPS) is 34.1. The van der Waals surface area contributed by atoms with Crippen molar-refractivity contribution in [3.63, 3.8) is 0 Å². The zero-order chi connectivity index (χ0) is 73.7. The molecule has 0 spiro atoms. The van der Waals surface area contributed by atoms with Gasteiger partial charge in [0.05, 0.1) is 32.5 Å². The third-order valence-electron chi connectivity index (χ3n) is 16.7. The predicted octanol–water partition coefficient (Wildman–Crippen LogP) is -3.92. The number of ether oxygens (including phenoxy) is 15. The lowest BCUT2D eigenvalue weighted by Gasteiger charge is -2.50. The number of aliphatic hydroxyl groups excluding tert-OH is 13. The van der Waals surface area contributed by atoms with Gasteiger partial charge in [0.1, 0.15) is 135 Å². The molecule has 0 aliphatic carbocycles. The number of benzene rings is 4. The number of carbonyl (C=O) groups excluding carboxylic acids is 5. The molecule has 0 radical (unpaired) electrons. The summed E-state index contributed by atoms with van der Waals surface area (Å²) in [6.07, 6.45) is -42.0. The van der Waals surface area contributed by atoms with E-state index in [1.165, 1.54) is 110 Å².